The van der Waals surface area contributed by atoms with Gasteiger partial charge in [0, 0.05) is 5.92 Å². The molecule has 1 heterocycles. The van der Waals surface area contributed by atoms with Gasteiger partial charge in [-0.25, -0.2) is 0 Å². The van der Waals surface area contributed by atoms with Crippen LogP contribution >= 0.6 is 0 Å². The van der Waals surface area contributed by atoms with Crippen molar-refractivity contribution in [3.05, 3.63) is 23.8 Å². The van der Waals surface area contributed by atoms with Gasteiger partial charge in [0.05, 0.1) is 12.7 Å². The molecule has 4 unspecified atom stereocenters. The Hall–Kier alpha value is -0.560. The third-order valence-corrected chi connectivity index (χ3v) is 3.69. The van der Waals surface area contributed by atoms with E-state index in [0.29, 0.717) is 17.9 Å². The molecule has 0 saturated carbocycles. The summed E-state index contributed by atoms with van der Waals surface area (Å²) in [6.45, 7) is 7.57. The van der Waals surface area contributed by atoms with Gasteiger partial charge in [-0.1, -0.05) is 30.7 Å². The standard InChI is InChI=1S/C13H20O/c1-4-5-13-12-7-11(8-14-13)9(2)6-10(12)3/h4-6,9,11-13H,7-8H2,1-3H3. The Morgan fingerprint density at radius 3 is 3.00 bits per heavy atom. The number of ether oxygens (including phenoxy) is 1. The van der Waals surface area contributed by atoms with Crippen LogP contribution in [0.1, 0.15) is 27.2 Å². The molecule has 0 N–H and O–H groups in total. The van der Waals surface area contributed by atoms with Gasteiger partial charge in [0.2, 0.25) is 0 Å². The Balaban J connectivity index is 2.20. The van der Waals surface area contributed by atoms with E-state index in [9.17, 15) is 0 Å². The third kappa shape index (κ3) is 1.66. The van der Waals surface area contributed by atoms with Crippen molar-refractivity contribution in [3.8, 4) is 0 Å². The molecular weight excluding hydrogens is 172 g/mol. The summed E-state index contributed by atoms with van der Waals surface area (Å²) >= 11 is 0. The van der Waals surface area contributed by atoms with Gasteiger partial charge in [-0.15, -0.1) is 0 Å². The van der Waals surface area contributed by atoms with Crippen molar-refractivity contribution in [2.45, 2.75) is 33.3 Å². The minimum absolute atomic E-state index is 0.333. The van der Waals surface area contributed by atoms with E-state index >= 15 is 0 Å². The van der Waals surface area contributed by atoms with Crippen molar-refractivity contribution in [1.29, 1.82) is 0 Å². The van der Waals surface area contributed by atoms with Gasteiger partial charge >= 0.3 is 0 Å². The first-order chi connectivity index (χ1) is 6.72. The van der Waals surface area contributed by atoms with Crippen molar-refractivity contribution < 1.29 is 4.74 Å². The van der Waals surface area contributed by atoms with Crippen molar-refractivity contribution in [2.24, 2.45) is 17.8 Å². The van der Waals surface area contributed by atoms with E-state index in [0.717, 1.165) is 12.5 Å². The summed E-state index contributed by atoms with van der Waals surface area (Å²) in [5.74, 6) is 2.10. The molecule has 1 aliphatic heterocycles. The predicted octanol–water partition coefficient (Wildman–Crippen LogP) is 3.18. The van der Waals surface area contributed by atoms with E-state index in [2.05, 4.69) is 39.0 Å². The fraction of sp³-hybridized carbons (Fsp3) is 0.692. The number of hydrogen-bond donors (Lipinski definition) is 0. The minimum Gasteiger partial charge on any atom is -0.373 e. The van der Waals surface area contributed by atoms with E-state index in [1.165, 1.54) is 12.0 Å². The maximum atomic E-state index is 5.90. The first kappa shape index (κ1) is 9.97. The lowest BCUT2D eigenvalue weighted by Gasteiger charge is -2.41. The van der Waals surface area contributed by atoms with Crippen LogP contribution < -0.4 is 0 Å². The predicted molar refractivity (Wildman–Crippen MR) is 59.1 cm³/mol. The average molecular weight is 192 g/mol. The summed E-state index contributed by atoms with van der Waals surface area (Å²) in [5.41, 5.74) is 1.52. The number of hydrogen-bond acceptors (Lipinski definition) is 1. The van der Waals surface area contributed by atoms with Gasteiger partial charge in [0.1, 0.15) is 0 Å². The SMILES string of the molecule is CC=CC1OCC2CC1C(C)=CC2C. The fourth-order valence-electron chi connectivity index (χ4n) is 2.74. The highest BCUT2D eigenvalue weighted by molar-refractivity contribution is 5.17. The molecule has 2 rings (SSSR count). The second-order valence-electron chi connectivity index (χ2n) is 4.70. The van der Waals surface area contributed by atoms with Crippen LogP contribution in [0.3, 0.4) is 0 Å². The quantitative estimate of drug-likeness (QED) is 0.580. The van der Waals surface area contributed by atoms with E-state index in [4.69, 9.17) is 4.74 Å². The van der Waals surface area contributed by atoms with Crippen molar-refractivity contribution in [3.63, 3.8) is 0 Å². The van der Waals surface area contributed by atoms with Gasteiger partial charge in [0.25, 0.3) is 0 Å². The largest absolute Gasteiger partial charge is 0.373 e. The van der Waals surface area contributed by atoms with Gasteiger partial charge < -0.3 is 4.74 Å². The fourth-order valence-corrected chi connectivity index (χ4v) is 2.74. The van der Waals surface area contributed by atoms with Crippen LogP contribution in [0.2, 0.25) is 0 Å². The van der Waals surface area contributed by atoms with Crippen molar-refractivity contribution >= 4 is 0 Å². The number of allylic oxidation sites excluding steroid dienone is 2. The molecule has 1 nitrogen and oxygen atoms in total. The zero-order chi connectivity index (χ0) is 10.1. The molecule has 1 fully saturated rings. The summed E-state index contributed by atoms with van der Waals surface area (Å²) in [5, 5.41) is 0. The maximum Gasteiger partial charge on any atom is 0.0821 e. The molecule has 4 atom stereocenters. The zero-order valence-corrected chi connectivity index (χ0v) is 9.36. The average Bonchev–Trinajstić information content (AvgIpc) is 2.17. The molecule has 14 heavy (non-hydrogen) atoms. The van der Waals surface area contributed by atoms with Crippen molar-refractivity contribution in [1.82, 2.24) is 0 Å². The summed E-state index contributed by atoms with van der Waals surface area (Å²) in [4.78, 5) is 0. The second-order valence-corrected chi connectivity index (χ2v) is 4.70. The lowest BCUT2D eigenvalue weighted by molar-refractivity contribution is -0.0349. The van der Waals surface area contributed by atoms with E-state index < -0.39 is 0 Å². The monoisotopic (exact) mass is 192 g/mol. The molecule has 0 amide bonds. The molecule has 0 aromatic rings. The van der Waals surface area contributed by atoms with Crippen LogP contribution in [-0.2, 0) is 4.74 Å². The topological polar surface area (TPSA) is 9.23 Å². The zero-order valence-electron chi connectivity index (χ0n) is 9.36. The van der Waals surface area contributed by atoms with Crippen LogP contribution in [0.5, 0.6) is 0 Å². The molecular formula is C13H20O. The maximum absolute atomic E-state index is 5.90. The lowest BCUT2D eigenvalue weighted by Crippen LogP contribution is -2.39. The van der Waals surface area contributed by atoms with Crippen LogP contribution in [-0.4, -0.2) is 12.7 Å². The normalized spacial score (nSPS) is 42.6. The highest BCUT2D eigenvalue weighted by atomic mass is 16.5. The molecule has 0 aromatic carbocycles. The van der Waals surface area contributed by atoms with Gasteiger partial charge in [-0.2, -0.15) is 0 Å². The summed E-state index contributed by atoms with van der Waals surface area (Å²) in [6.07, 6.45) is 8.40. The van der Waals surface area contributed by atoms with Gasteiger partial charge in [-0.3, -0.25) is 0 Å². The van der Waals surface area contributed by atoms with Gasteiger partial charge in [0.15, 0.2) is 0 Å². The molecule has 0 spiro atoms. The molecule has 78 valence electrons. The highest BCUT2D eigenvalue weighted by Gasteiger charge is 2.36. The second kappa shape index (κ2) is 3.90. The van der Waals surface area contributed by atoms with Crippen molar-refractivity contribution in [2.75, 3.05) is 6.61 Å². The van der Waals surface area contributed by atoms with E-state index in [-0.39, 0.29) is 0 Å². The van der Waals surface area contributed by atoms with Gasteiger partial charge in [-0.05, 0) is 32.1 Å². The van der Waals surface area contributed by atoms with Crippen LogP contribution in [0.25, 0.3) is 0 Å². The Bertz CT molecular complexity index is 264. The summed E-state index contributed by atoms with van der Waals surface area (Å²) in [7, 11) is 0. The molecule has 0 radical (unpaired) electrons. The first-order valence-corrected chi connectivity index (χ1v) is 5.65. The highest BCUT2D eigenvalue weighted by Crippen LogP contribution is 2.40. The molecule has 1 aliphatic carbocycles. The number of fused-ring (bicyclic) bond motifs is 2. The van der Waals surface area contributed by atoms with Crippen LogP contribution in [0.15, 0.2) is 23.8 Å². The molecule has 2 aliphatic rings. The Morgan fingerprint density at radius 2 is 2.29 bits per heavy atom. The molecule has 2 bridgehead atoms. The first-order valence-electron chi connectivity index (χ1n) is 5.65. The summed E-state index contributed by atoms with van der Waals surface area (Å²) in [6, 6.07) is 0. The minimum atomic E-state index is 0.333. The van der Waals surface area contributed by atoms with Crippen LogP contribution in [0.4, 0.5) is 0 Å². The van der Waals surface area contributed by atoms with E-state index in [1.54, 1.807) is 0 Å². The Labute approximate surface area is 86.8 Å². The molecule has 1 saturated heterocycles. The smallest absolute Gasteiger partial charge is 0.0821 e. The van der Waals surface area contributed by atoms with E-state index in [1.807, 2.05) is 0 Å². The Kier molecular flexibility index (Phi) is 2.78. The number of rotatable bonds is 1. The summed E-state index contributed by atoms with van der Waals surface area (Å²) < 4.78 is 5.90. The molecule has 0 aromatic heterocycles. The van der Waals surface area contributed by atoms with Crippen LogP contribution in [0, 0.1) is 17.8 Å². The Morgan fingerprint density at radius 1 is 1.50 bits per heavy atom. The third-order valence-electron chi connectivity index (χ3n) is 3.69. The lowest BCUT2D eigenvalue weighted by atomic mass is 9.72. The molecule has 1 heteroatoms.